The number of hydrogen-bond donors (Lipinski definition) is 1. The molecule has 1 N–H and O–H groups in total. The fourth-order valence-corrected chi connectivity index (χ4v) is 1.56. The summed E-state index contributed by atoms with van der Waals surface area (Å²) in [5.74, 6) is 0.529. The van der Waals surface area contributed by atoms with Gasteiger partial charge in [-0.3, -0.25) is 0 Å². The molecule has 0 bridgehead atoms. The highest BCUT2D eigenvalue weighted by Gasteiger charge is 2.33. The van der Waals surface area contributed by atoms with Crippen LogP contribution in [0.3, 0.4) is 0 Å². The van der Waals surface area contributed by atoms with Gasteiger partial charge in [-0.2, -0.15) is 0 Å². The lowest BCUT2D eigenvalue weighted by Crippen LogP contribution is -2.19. The molecule has 1 heterocycles. The highest BCUT2D eigenvalue weighted by molar-refractivity contribution is 4.82. The lowest BCUT2D eigenvalue weighted by Gasteiger charge is -2.14. The van der Waals surface area contributed by atoms with Crippen LogP contribution < -0.4 is 0 Å². The average Bonchev–Trinajstić information content (AvgIpc) is 2.50. The molecule has 1 saturated heterocycles. The van der Waals surface area contributed by atoms with Gasteiger partial charge < -0.3 is 9.84 Å². The first-order valence-electron chi connectivity index (χ1n) is 5.48. The molecule has 0 aromatic carbocycles. The number of ether oxygens (including phenoxy) is 1. The van der Waals surface area contributed by atoms with Crippen LogP contribution in [0.4, 0.5) is 0 Å². The van der Waals surface area contributed by atoms with Crippen LogP contribution in [-0.2, 0) is 4.74 Å². The van der Waals surface area contributed by atoms with Gasteiger partial charge in [0.05, 0.1) is 18.3 Å². The number of aliphatic hydroxyl groups excluding tert-OH is 1. The normalized spacial score (nSPS) is 33.0. The van der Waals surface area contributed by atoms with Crippen LogP contribution in [0.5, 0.6) is 0 Å². The van der Waals surface area contributed by atoms with Gasteiger partial charge in [-0.15, -0.1) is 0 Å². The smallest absolute Gasteiger partial charge is 0.0836 e. The van der Waals surface area contributed by atoms with Gasteiger partial charge in [0.2, 0.25) is 0 Å². The number of aliphatic hydroxyl groups is 1. The Morgan fingerprint density at radius 1 is 1.38 bits per heavy atom. The lowest BCUT2D eigenvalue weighted by molar-refractivity contribution is -0.00693. The zero-order valence-electron chi connectivity index (χ0n) is 9.58. The van der Waals surface area contributed by atoms with Crippen molar-refractivity contribution >= 4 is 0 Å². The Morgan fingerprint density at radius 2 is 1.92 bits per heavy atom. The zero-order valence-corrected chi connectivity index (χ0v) is 9.58. The van der Waals surface area contributed by atoms with Gasteiger partial charge in [0.25, 0.3) is 0 Å². The van der Waals surface area contributed by atoms with E-state index in [1.165, 1.54) is 0 Å². The molecule has 13 heavy (non-hydrogen) atoms. The second kappa shape index (κ2) is 6.39. The maximum absolute atomic E-state index is 9.48. The van der Waals surface area contributed by atoms with Gasteiger partial charge in [-0.05, 0) is 12.3 Å². The van der Waals surface area contributed by atoms with Crippen LogP contribution in [0.2, 0.25) is 0 Å². The third kappa shape index (κ3) is 3.65. The van der Waals surface area contributed by atoms with E-state index in [0.29, 0.717) is 5.92 Å². The monoisotopic (exact) mass is 188 g/mol. The molecule has 1 aliphatic rings. The summed E-state index contributed by atoms with van der Waals surface area (Å²) in [6.45, 7) is 10.3. The summed E-state index contributed by atoms with van der Waals surface area (Å²) in [5, 5.41) is 9.48. The minimum atomic E-state index is -0.229. The van der Waals surface area contributed by atoms with Crippen molar-refractivity contribution in [1.82, 2.24) is 0 Å². The van der Waals surface area contributed by atoms with Crippen molar-refractivity contribution in [2.75, 3.05) is 0 Å². The zero-order chi connectivity index (χ0) is 10.4. The topological polar surface area (TPSA) is 29.5 Å². The maximum atomic E-state index is 9.48. The molecule has 2 nitrogen and oxygen atoms in total. The molecule has 0 saturated carbocycles. The molecule has 2 heteroatoms. The SMILES string of the molecule is CC.CCC1OC(C(C)C)CC1O. The van der Waals surface area contributed by atoms with Gasteiger partial charge in [-0.25, -0.2) is 0 Å². The Bertz CT molecular complexity index is 123. The van der Waals surface area contributed by atoms with E-state index in [1.807, 2.05) is 13.8 Å². The second-order valence-electron chi connectivity index (χ2n) is 3.67. The Balaban J connectivity index is 0.000000671. The molecule has 0 radical (unpaired) electrons. The molecule has 0 spiro atoms. The van der Waals surface area contributed by atoms with E-state index >= 15 is 0 Å². The maximum Gasteiger partial charge on any atom is 0.0836 e. The van der Waals surface area contributed by atoms with Gasteiger partial charge in [0.1, 0.15) is 0 Å². The molecule has 3 unspecified atom stereocenters. The highest BCUT2D eigenvalue weighted by atomic mass is 16.5. The number of hydrogen-bond acceptors (Lipinski definition) is 2. The van der Waals surface area contributed by atoms with E-state index in [0.717, 1.165) is 12.8 Å². The Morgan fingerprint density at radius 3 is 2.15 bits per heavy atom. The van der Waals surface area contributed by atoms with Gasteiger partial charge in [-0.1, -0.05) is 34.6 Å². The fraction of sp³-hybridized carbons (Fsp3) is 1.00. The molecule has 80 valence electrons. The predicted molar refractivity (Wildman–Crippen MR) is 55.8 cm³/mol. The van der Waals surface area contributed by atoms with Crippen LogP contribution in [0.1, 0.15) is 47.5 Å². The van der Waals surface area contributed by atoms with Crippen molar-refractivity contribution in [2.45, 2.75) is 65.8 Å². The minimum absolute atomic E-state index is 0.0856. The second-order valence-corrected chi connectivity index (χ2v) is 3.67. The van der Waals surface area contributed by atoms with Crippen LogP contribution in [0.25, 0.3) is 0 Å². The van der Waals surface area contributed by atoms with Crippen LogP contribution in [0.15, 0.2) is 0 Å². The first-order valence-corrected chi connectivity index (χ1v) is 5.48. The standard InChI is InChI=1S/C9H18O2.C2H6/c1-4-8-7(10)5-9(11-8)6(2)3;1-2/h6-10H,4-5H2,1-3H3;1-2H3. The molecule has 1 aliphatic heterocycles. The van der Waals surface area contributed by atoms with Gasteiger partial charge in [0, 0.05) is 6.42 Å². The summed E-state index contributed by atoms with van der Waals surface area (Å²) in [6, 6.07) is 0. The van der Waals surface area contributed by atoms with Crippen LogP contribution in [0, 0.1) is 5.92 Å². The summed E-state index contributed by atoms with van der Waals surface area (Å²) in [4.78, 5) is 0. The van der Waals surface area contributed by atoms with E-state index in [4.69, 9.17) is 4.74 Å². The van der Waals surface area contributed by atoms with Crippen molar-refractivity contribution in [3.63, 3.8) is 0 Å². The van der Waals surface area contributed by atoms with E-state index in [2.05, 4.69) is 20.8 Å². The van der Waals surface area contributed by atoms with Crippen molar-refractivity contribution in [2.24, 2.45) is 5.92 Å². The third-order valence-corrected chi connectivity index (χ3v) is 2.40. The molecule has 0 aromatic rings. The highest BCUT2D eigenvalue weighted by Crippen LogP contribution is 2.26. The van der Waals surface area contributed by atoms with E-state index < -0.39 is 0 Å². The van der Waals surface area contributed by atoms with Crippen molar-refractivity contribution in [3.05, 3.63) is 0 Å². The molecule has 3 atom stereocenters. The molecule has 0 aromatic heterocycles. The quantitative estimate of drug-likeness (QED) is 0.721. The summed E-state index contributed by atoms with van der Waals surface area (Å²) < 4.78 is 5.63. The molecule has 0 aliphatic carbocycles. The Kier molecular flexibility index (Phi) is 6.35. The summed E-state index contributed by atoms with van der Waals surface area (Å²) in [7, 11) is 0. The largest absolute Gasteiger partial charge is 0.390 e. The summed E-state index contributed by atoms with van der Waals surface area (Å²) >= 11 is 0. The molecular formula is C11H24O2. The van der Waals surface area contributed by atoms with Crippen molar-refractivity contribution in [1.29, 1.82) is 0 Å². The predicted octanol–water partition coefficient (Wildman–Crippen LogP) is 2.60. The van der Waals surface area contributed by atoms with Crippen molar-refractivity contribution < 1.29 is 9.84 Å². The van der Waals surface area contributed by atoms with Crippen LogP contribution in [-0.4, -0.2) is 23.4 Å². The van der Waals surface area contributed by atoms with E-state index in [-0.39, 0.29) is 18.3 Å². The molecule has 1 fully saturated rings. The molecular weight excluding hydrogens is 164 g/mol. The molecule has 1 rings (SSSR count). The minimum Gasteiger partial charge on any atom is -0.390 e. The average molecular weight is 188 g/mol. The Hall–Kier alpha value is -0.0800. The van der Waals surface area contributed by atoms with Crippen LogP contribution >= 0.6 is 0 Å². The molecule has 0 amide bonds. The lowest BCUT2D eigenvalue weighted by atomic mass is 10.0. The van der Waals surface area contributed by atoms with E-state index in [1.54, 1.807) is 0 Å². The van der Waals surface area contributed by atoms with Gasteiger partial charge in [0.15, 0.2) is 0 Å². The van der Waals surface area contributed by atoms with Crippen molar-refractivity contribution in [3.8, 4) is 0 Å². The fourth-order valence-electron chi connectivity index (χ4n) is 1.56. The Labute approximate surface area is 82.3 Å². The summed E-state index contributed by atoms with van der Waals surface area (Å²) in [5.41, 5.74) is 0. The summed E-state index contributed by atoms with van der Waals surface area (Å²) in [6.07, 6.45) is 1.87. The van der Waals surface area contributed by atoms with E-state index in [9.17, 15) is 5.11 Å². The first kappa shape index (κ1) is 12.9. The first-order chi connectivity index (χ1) is 6.15. The third-order valence-electron chi connectivity index (χ3n) is 2.40. The van der Waals surface area contributed by atoms with Gasteiger partial charge >= 0.3 is 0 Å². The number of rotatable bonds is 2.